The van der Waals surface area contributed by atoms with Crippen molar-refractivity contribution in [2.24, 2.45) is 0 Å². The van der Waals surface area contributed by atoms with Crippen LogP contribution in [0.1, 0.15) is 46.6 Å². The van der Waals surface area contributed by atoms with Crippen molar-refractivity contribution in [1.29, 1.82) is 0 Å². The van der Waals surface area contributed by atoms with Gasteiger partial charge in [-0.25, -0.2) is 4.39 Å². The molecule has 0 spiro atoms. The molecule has 1 aromatic carbocycles. The number of hydrogen-bond donors (Lipinski definition) is 0. The van der Waals surface area contributed by atoms with E-state index in [0.29, 0.717) is 18.7 Å². The van der Waals surface area contributed by atoms with E-state index >= 15 is 0 Å². The molecule has 0 unspecified atom stereocenters. The highest BCUT2D eigenvalue weighted by molar-refractivity contribution is 6.62. The summed E-state index contributed by atoms with van der Waals surface area (Å²) in [4.78, 5) is 0. The molecule has 0 bridgehead atoms. The summed E-state index contributed by atoms with van der Waals surface area (Å²) in [6, 6.07) is 4.84. The SMILES string of the molecule is CCCOCc1cc(F)cc(B2OC(C)(C)C(C)(C)O2)c1. The molecule has 1 aliphatic rings. The first-order chi connectivity index (χ1) is 9.75. The van der Waals surface area contributed by atoms with Crippen LogP contribution in [0.3, 0.4) is 0 Å². The third kappa shape index (κ3) is 3.65. The first kappa shape index (κ1) is 16.5. The van der Waals surface area contributed by atoms with E-state index in [1.807, 2.05) is 40.7 Å². The van der Waals surface area contributed by atoms with Crippen molar-refractivity contribution >= 4 is 12.6 Å². The zero-order valence-electron chi connectivity index (χ0n) is 13.5. The van der Waals surface area contributed by atoms with E-state index < -0.39 is 18.3 Å². The van der Waals surface area contributed by atoms with Crippen LogP contribution in [0.4, 0.5) is 4.39 Å². The molecule has 1 saturated heterocycles. The zero-order valence-corrected chi connectivity index (χ0v) is 13.5. The van der Waals surface area contributed by atoms with Gasteiger partial charge in [-0.15, -0.1) is 0 Å². The maximum atomic E-state index is 13.8. The van der Waals surface area contributed by atoms with E-state index in [4.69, 9.17) is 14.0 Å². The van der Waals surface area contributed by atoms with Gasteiger partial charge in [-0.3, -0.25) is 0 Å². The number of rotatable bonds is 5. The van der Waals surface area contributed by atoms with Gasteiger partial charge < -0.3 is 14.0 Å². The van der Waals surface area contributed by atoms with Crippen molar-refractivity contribution in [2.45, 2.75) is 58.8 Å². The van der Waals surface area contributed by atoms with Crippen LogP contribution in [0.5, 0.6) is 0 Å². The topological polar surface area (TPSA) is 27.7 Å². The lowest BCUT2D eigenvalue weighted by molar-refractivity contribution is 0.00578. The largest absolute Gasteiger partial charge is 0.494 e. The van der Waals surface area contributed by atoms with Gasteiger partial charge in [-0.05, 0) is 57.3 Å². The molecule has 1 aliphatic heterocycles. The Kier molecular flexibility index (Phi) is 4.76. The molecule has 21 heavy (non-hydrogen) atoms. The van der Waals surface area contributed by atoms with Crippen LogP contribution in [-0.2, 0) is 20.7 Å². The molecule has 3 nitrogen and oxygen atoms in total. The maximum Gasteiger partial charge on any atom is 0.494 e. The molecule has 1 fully saturated rings. The minimum absolute atomic E-state index is 0.294. The molecule has 0 aliphatic carbocycles. The van der Waals surface area contributed by atoms with Gasteiger partial charge in [-0.2, -0.15) is 0 Å². The average molecular weight is 294 g/mol. The second-order valence-corrected chi connectivity index (χ2v) is 6.53. The average Bonchev–Trinajstić information content (AvgIpc) is 2.58. The van der Waals surface area contributed by atoms with Crippen LogP contribution in [0, 0.1) is 5.82 Å². The molecule has 0 amide bonds. The van der Waals surface area contributed by atoms with E-state index in [1.54, 1.807) is 0 Å². The predicted octanol–water partition coefficient (Wildman–Crippen LogP) is 3.05. The molecule has 0 N–H and O–H groups in total. The third-order valence-electron chi connectivity index (χ3n) is 4.12. The zero-order chi connectivity index (χ0) is 15.7. The minimum atomic E-state index is -0.546. The maximum absolute atomic E-state index is 13.8. The lowest BCUT2D eigenvalue weighted by Crippen LogP contribution is -2.41. The summed E-state index contributed by atoms with van der Waals surface area (Å²) >= 11 is 0. The molecule has 116 valence electrons. The second kappa shape index (κ2) is 6.07. The molecular weight excluding hydrogens is 270 g/mol. The quantitative estimate of drug-likeness (QED) is 0.617. The van der Waals surface area contributed by atoms with Crippen molar-refractivity contribution in [3.63, 3.8) is 0 Å². The molecule has 2 rings (SSSR count). The van der Waals surface area contributed by atoms with Crippen molar-refractivity contribution in [3.8, 4) is 0 Å². The molecular formula is C16H24BFO3. The van der Waals surface area contributed by atoms with Crippen LogP contribution in [0.15, 0.2) is 18.2 Å². The Hall–Kier alpha value is -0.905. The summed E-state index contributed by atoms with van der Waals surface area (Å²) in [7, 11) is -0.546. The Morgan fingerprint density at radius 1 is 1.10 bits per heavy atom. The van der Waals surface area contributed by atoms with Gasteiger partial charge in [0.2, 0.25) is 0 Å². The van der Waals surface area contributed by atoms with Crippen LogP contribution in [-0.4, -0.2) is 24.9 Å². The highest BCUT2D eigenvalue weighted by Gasteiger charge is 2.51. The van der Waals surface area contributed by atoms with Crippen LogP contribution in [0.25, 0.3) is 0 Å². The van der Waals surface area contributed by atoms with Gasteiger partial charge in [0.25, 0.3) is 0 Å². The standard InChI is InChI=1S/C16H24BFO3/c1-6-7-19-11-12-8-13(10-14(18)9-12)17-20-15(2,3)16(4,5)21-17/h8-10H,6-7,11H2,1-5H3. The minimum Gasteiger partial charge on any atom is -0.399 e. The smallest absolute Gasteiger partial charge is 0.399 e. The summed E-state index contributed by atoms with van der Waals surface area (Å²) in [5, 5.41) is 0. The summed E-state index contributed by atoms with van der Waals surface area (Å²) in [5.74, 6) is -0.294. The number of ether oxygens (including phenoxy) is 1. The van der Waals surface area contributed by atoms with Crippen molar-refractivity contribution in [3.05, 3.63) is 29.6 Å². The molecule has 0 saturated carbocycles. The number of halogens is 1. The van der Waals surface area contributed by atoms with Crippen molar-refractivity contribution in [1.82, 2.24) is 0 Å². The monoisotopic (exact) mass is 294 g/mol. The summed E-state index contributed by atoms with van der Waals surface area (Å²) in [6.07, 6.45) is 0.944. The van der Waals surface area contributed by atoms with Gasteiger partial charge in [0, 0.05) is 6.61 Å². The lowest BCUT2D eigenvalue weighted by Gasteiger charge is -2.32. The highest BCUT2D eigenvalue weighted by atomic mass is 19.1. The fourth-order valence-corrected chi connectivity index (χ4v) is 2.21. The van der Waals surface area contributed by atoms with Gasteiger partial charge in [0.15, 0.2) is 0 Å². The second-order valence-electron chi connectivity index (χ2n) is 6.53. The Balaban J connectivity index is 2.17. The van der Waals surface area contributed by atoms with E-state index in [-0.39, 0.29) is 5.82 Å². The Bertz CT molecular complexity index is 486. The van der Waals surface area contributed by atoms with E-state index in [2.05, 4.69) is 0 Å². The molecule has 1 heterocycles. The summed E-state index contributed by atoms with van der Waals surface area (Å²) in [6.45, 7) is 11.0. The Morgan fingerprint density at radius 3 is 2.29 bits per heavy atom. The van der Waals surface area contributed by atoms with Crippen LogP contribution < -0.4 is 5.46 Å². The van der Waals surface area contributed by atoms with Gasteiger partial charge in [-0.1, -0.05) is 13.0 Å². The van der Waals surface area contributed by atoms with Gasteiger partial charge in [0.05, 0.1) is 17.8 Å². The fourth-order valence-electron chi connectivity index (χ4n) is 2.21. The first-order valence-electron chi connectivity index (χ1n) is 7.48. The van der Waals surface area contributed by atoms with E-state index in [9.17, 15) is 4.39 Å². The summed E-state index contributed by atoms with van der Waals surface area (Å²) < 4.78 is 31.2. The Labute approximate surface area is 126 Å². The van der Waals surface area contributed by atoms with E-state index in [1.165, 1.54) is 12.1 Å². The molecule has 0 radical (unpaired) electrons. The Morgan fingerprint density at radius 2 is 1.71 bits per heavy atom. The fraction of sp³-hybridized carbons (Fsp3) is 0.625. The van der Waals surface area contributed by atoms with Gasteiger partial charge >= 0.3 is 7.12 Å². The number of hydrogen-bond acceptors (Lipinski definition) is 3. The summed E-state index contributed by atoms with van der Waals surface area (Å²) in [5.41, 5.74) is 0.642. The van der Waals surface area contributed by atoms with Gasteiger partial charge in [0.1, 0.15) is 5.82 Å². The molecule has 5 heteroatoms. The first-order valence-corrected chi connectivity index (χ1v) is 7.48. The van der Waals surface area contributed by atoms with Crippen molar-refractivity contribution in [2.75, 3.05) is 6.61 Å². The van der Waals surface area contributed by atoms with Crippen LogP contribution >= 0.6 is 0 Å². The lowest BCUT2D eigenvalue weighted by atomic mass is 9.78. The third-order valence-corrected chi connectivity index (χ3v) is 4.12. The van der Waals surface area contributed by atoms with Crippen LogP contribution in [0.2, 0.25) is 0 Å². The highest BCUT2D eigenvalue weighted by Crippen LogP contribution is 2.36. The van der Waals surface area contributed by atoms with Crippen molar-refractivity contribution < 1.29 is 18.4 Å². The van der Waals surface area contributed by atoms with E-state index in [0.717, 1.165) is 12.0 Å². The predicted molar refractivity (Wildman–Crippen MR) is 82.1 cm³/mol. The molecule has 0 atom stereocenters. The molecule has 1 aromatic rings. The number of benzene rings is 1. The normalized spacial score (nSPS) is 20.0. The molecule has 0 aromatic heterocycles.